The second-order valence-electron chi connectivity index (χ2n) is 3.83. The van der Waals surface area contributed by atoms with Crippen LogP contribution in [0.15, 0.2) is 24.4 Å². The number of rotatable bonds is 4. The molecule has 0 amide bonds. The van der Waals surface area contributed by atoms with Crippen molar-refractivity contribution in [1.29, 1.82) is 0 Å². The summed E-state index contributed by atoms with van der Waals surface area (Å²) in [4.78, 5) is 12.5. The van der Waals surface area contributed by atoms with Gasteiger partial charge in [0.15, 0.2) is 0 Å². The maximum atomic E-state index is 12.5. The Bertz CT molecular complexity index is 623. The lowest BCUT2D eigenvalue weighted by Crippen LogP contribution is -2.12. The lowest BCUT2D eigenvalue weighted by Gasteiger charge is -2.09. The van der Waals surface area contributed by atoms with Crippen molar-refractivity contribution in [1.82, 2.24) is 9.78 Å². The first-order chi connectivity index (χ1) is 9.08. The molecule has 2 aromatic rings. The van der Waals surface area contributed by atoms with E-state index in [1.54, 1.807) is 22.9 Å². The Kier molecular flexibility index (Phi) is 4.12. The minimum absolute atomic E-state index is 0.238. The molecular formula is C13H12Cl2N2O2. The van der Waals surface area contributed by atoms with Crippen LogP contribution in [0, 0.1) is 0 Å². The first-order valence-corrected chi connectivity index (χ1v) is 6.43. The van der Waals surface area contributed by atoms with Crippen molar-refractivity contribution in [3.05, 3.63) is 45.7 Å². The Labute approximate surface area is 120 Å². The fourth-order valence-electron chi connectivity index (χ4n) is 1.81. The normalized spacial score (nSPS) is 10.5. The van der Waals surface area contributed by atoms with Gasteiger partial charge in [0.1, 0.15) is 11.4 Å². The van der Waals surface area contributed by atoms with E-state index in [0.717, 1.165) is 0 Å². The fourth-order valence-corrected chi connectivity index (χ4v) is 2.20. The van der Waals surface area contributed by atoms with Crippen molar-refractivity contribution in [2.75, 3.05) is 7.11 Å². The average molecular weight is 299 g/mol. The molecule has 1 heterocycles. The molecule has 0 saturated carbocycles. The van der Waals surface area contributed by atoms with Crippen LogP contribution in [0.5, 0.6) is 5.75 Å². The number of aromatic nitrogens is 2. The Morgan fingerprint density at radius 1 is 1.42 bits per heavy atom. The van der Waals surface area contributed by atoms with Crippen LogP contribution in [0.4, 0.5) is 0 Å². The highest BCUT2D eigenvalue weighted by Crippen LogP contribution is 2.27. The van der Waals surface area contributed by atoms with Gasteiger partial charge < -0.3 is 4.74 Å². The van der Waals surface area contributed by atoms with Crippen molar-refractivity contribution >= 4 is 29.0 Å². The van der Waals surface area contributed by atoms with Crippen molar-refractivity contribution in [2.45, 2.75) is 13.5 Å². The summed E-state index contributed by atoms with van der Waals surface area (Å²) in [5, 5.41) is 4.88. The lowest BCUT2D eigenvalue weighted by molar-refractivity contribution is 0.102. The minimum Gasteiger partial charge on any atom is -0.496 e. The van der Waals surface area contributed by atoms with Crippen molar-refractivity contribution in [3.63, 3.8) is 0 Å². The minimum atomic E-state index is -0.238. The third-order valence-corrected chi connectivity index (χ3v) is 3.23. The summed E-state index contributed by atoms with van der Waals surface area (Å²) in [6.07, 6.45) is 1.46. The van der Waals surface area contributed by atoms with E-state index in [0.29, 0.717) is 33.6 Å². The van der Waals surface area contributed by atoms with E-state index < -0.39 is 0 Å². The first kappa shape index (κ1) is 13.9. The van der Waals surface area contributed by atoms with Crippen LogP contribution in [-0.4, -0.2) is 22.7 Å². The molecule has 0 fully saturated rings. The maximum absolute atomic E-state index is 12.5. The third-order valence-electron chi connectivity index (χ3n) is 2.72. The lowest BCUT2D eigenvalue weighted by atomic mass is 10.1. The number of carbonyl (C=O) groups is 1. The fraction of sp³-hybridized carbons (Fsp3) is 0.231. The van der Waals surface area contributed by atoms with Gasteiger partial charge in [0.05, 0.1) is 23.9 Å². The molecule has 0 N–H and O–H groups in total. The molecule has 100 valence electrons. The predicted octanol–water partition coefficient (Wildman–Crippen LogP) is 3.45. The zero-order chi connectivity index (χ0) is 14.0. The highest BCUT2D eigenvalue weighted by Gasteiger charge is 2.21. The van der Waals surface area contributed by atoms with Gasteiger partial charge in [0.25, 0.3) is 0 Å². The quantitative estimate of drug-likeness (QED) is 0.812. The molecule has 0 bridgehead atoms. The molecule has 4 nitrogen and oxygen atoms in total. The van der Waals surface area contributed by atoms with E-state index in [4.69, 9.17) is 27.9 Å². The number of hydrogen-bond acceptors (Lipinski definition) is 3. The van der Waals surface area contributed by atoms with Crippen LogP contribution >= 0.6 is 23.2 Å². The van der Waals surface area contributed by atoms with Gasteiger partial charge in [-0.05, 0) is 25.1 Å². The van der Waals surface area contributed by atoms with Crippen molar-refractivity contribution in [2.24, 2.45) is 0 Å². The van der Waals surface area contributed by atoms with Gasteiger partial charge in [-0.1, -0.05) is 23.2 Å². The topological polar surface area (TPSA) is 44.1 Å². The molecule has 1 aromatic heterocycles. The SMILES string of the molecule is CCn1ncc(Cl)c1C(=O)c1ccc(Cl)cc1OC. The summed E-state index contributed by atoms with van der Waals surface area (Å²) in [5.74, 6) is 0.176. The number of nitrogens with zero attached hydrogens (tertiary/aromatic N) is 2. The van der Waals surface area contributed by atoms with E-state index in [1.165, 1.54) is 13.3 Å². The number of ketones is 1. The molecule has 0 unspecified atom stereocenters. The number of aryl methyl sites for hydroxylation is 1. The standard InChI is InChI=1S/C13H12Cl2N2O2/c1-3-17-12(10(15)7-16-17)13(18)9-5-4-8(14)6-11(9)19-2/h4-7H,3H2,1-2H3. The molecule has 0 aliphatic heterocycles. The van der Waals surface area contributed by atoms with E-state index in [9.17, 15) is 4.79 Å². The zero-order valence-corrected chi connectivity index (χ0v) is 12.0. The van der Waals surface area contributed by atoms with Gasteiger partial charge in [-0.3, -0.25) is 9.48 Å². The van der Waals surface area contributed by atoms with Crippen LogP contribution < -0.4 is 4.74 Å². The van der Waals surface area contributed by atoms with Crippen LogP contribution in [-0.2, 0) is 6.54 Å². The summed E-state index contributed by atoms with van der Waals surface area (Å²) < 4.78 is 6.73. The zero-order valence-electron chi connectivity index (χ0n) is 10.5. The molecule has 2 rings (SSSR count). The van der Waals surface area contributed by atoms with Crippen molar-refractivity contribution in [3.8, 4) is 5.75 Å². The van der Waals surface area contributed by atoms with Crippen LogP contribution in [0.2, 0.25) is 10.0 Å². The molecule has 0 aliphatic carbocycles. The number of methoxy groups -OCH3 is 1. The molecule has 0 saturated heterocycles. The van der Waals surface area contributed by atoms with E-state index in [-0.39, 0.29) is 5.78 Å². The molecule has 0 spiro atoms. The van der Waals surface area contributed by atoms with Gasteiger partial charge in [-0.25, -0.2) is 0 Å². The number of ether oxygens (including phenoxy) is 1. The highest BCUT2D eigenvalue weighted by atomic mass is 35.5. The van der Waals surface area contributed by atoms with Crippen molar-refractivity contribution < 1.29 is 9.53 Å². The largest absolute Gasteiger partial charge is 0.496 e. The first-order valence-electron chi connectivity index (χ1n) is 5.68. The number of halogens is 2. The second-order valence-corrected chi connectivity index (χ2v) is 4.67. The van der Waals surface area contributed by atoms with E-state index >= 15 is 0 Å². The summed E-state index contributed by atoms with van der Waals surface area (Å²) in [6, 6.07) is 4.85. The molecule has 19 heavy (non-hydrogen) atoms. The third kappa shape index (κ3) is 2.60. The number of hydrogen-bond donors (Lipinski definition) is 0. The molecular weight excluding hydrogens is 287 g/mol. The summed E-state index contributed by atoms with van der Waals surface area (Å²) in [7, 11) is 1.49. The molecule has 6 heteroatoms. The van der Waals surface area contributed by atoms with Gasteiger partial charge in [0, 0.05) is 11.6 Å². The van der Waals surface area contributed by atoms with Crippen LogP contribution in [0.25, 0.3) is 0 Å². The average Bonchev–Trinajstić information content (AvgIpc) is 2.78. The Balaban J connectivity index is 2.53. The Hall–Kier alpha value is -1.52. The molecule has 0 radical (unpaired) electrons. The smallest absolute Gasteiger partial charge is 0.216 e. The number of benzene rings is 1. The van der Waals surface area contributed by atoms with Gasteiger partial charge >= 0.3 is 0 Å². The monoisotopic (exact) mass is 298 g/mol. The molecule has 1 aromatic carbocycles. The van der Waals surface area contributed by atoms with E-state index in [2.05, 4.69) is 5.10 Å². The molecule has 0 aliphatic rings. The number of carbonyl (C=O) groups excluding carboxylic acids is 1. The van der Waals surface area contributed by atoms with Gasteiger partial charge in [0.2, 0.25) is 5.78 Å². The summed E-state index contributed by atoms with van der Waals surface area (Å²) in [5.41, 5.74) is 0.758. The second kappa shape index (κ2) is 5.63. The molecule has 0 atom stereocenters. The Morgan fingerprint density at radius 3 is 2.79 bits per heavy atom. The summed E-state index contributed by atoms with van der Waals surface area (Å²) in [6.45, 7) is 2.45. The highest BCUT2D eigenvalue weighted by molar-refractivity contribution is 6.35. The maximum Gasteiger partial charge on any atom is 0.216 e. The van der Waals surface area contributed by atoms with Gasteiger partial charge in [-0.15, -0.1) is 0 Å². The van der Waals surface area contributed by atoms with Crippen LogP contribution in [0.1, 0.15) is 23.0 Å². The van der Waals surface area contributed by atoms with E-state index in [1.807, 2.05) is 6.92 Å². The van der Waals surface area contributed by atoms with Gasteiger partial charge in [-0.2, -0.15) is 5.10 Å². The van der Waals surface area contributed by atoms with Crippen LogP contribution in [0.3, 0.4) is 0 Å². The Morgan fingerprint density at radius 2 is 2.16 bits per heavy atom. The summed E-state index contributed by atoms with van der Waals surface area (Å²) >= 11 is 11.9. The predicted molar refractivity (Wildman–Crippen MR) is 74.3 cm³/mol.